The van der Waals surface area contributed by atoms with Gasteiger partial charge in [0.25, 0.3) is 0 Å². The van der Waals surface area contributed by atoms with E-state index >= 15 is 0 Å². The highest BCUT2D eigenvalue weighted by Crippen LogP contribution is 2.17. The Bertz CT molecular complexity index is 223. The van der Waals surface area contributed by atoms with E-state index in [-0.39, 0.29) is 0 Å². The maximum absolute atomic E-state index is 4.13. The van der Waals surface area contributed by atoms with E-state index in [4.69, 9.17) is 0 Å². The number of nitrogens with zero attached hydrogens (tertiary/aromatic N) is 3. The van der Waals surface area contributed by atoms with Crippen LogP contribution in [0.5, 0.6) is 0 Å². The van der Waals surface area contributed by atoms with Gasteiger partial charge in [0.2, 0.25) is 0 Å². The predicted octanol–water partition coefficient (Wildman–Crippen LogP) is 1.43. The fourth-order valence-corrected chi connectivity index (χ4v) is 2.10. The van der Waals surface area contributed by atoms with E-state index < -0.39 is 0 Å². The van der Waals surface area contributed by atoms with Crippen LogP contribution in [0.1, 0.15) is 20.8 Å². The van der Waals surface area contributed by atoms with Crippen LogP contribution < -0.4 is 0 Å². The normalized spacial score (nSPS) is 23.3. The van der Waals surface area contributed by atoms with Gasteiger partial charge in [0, 0.05) is 45.8 Å². The van der Waals surface area contributed by atoms with Gasteiger partial charge in [-0.3, -0.25) is 4.90 Å². The van der Waals surface area contributed by atoms with Crippen LogP contribution in [-0.2, 0) is 0 Å². The molecule has 0 aromatic carbocycles. The van der Waals surface area contributed by atoms with Crippen molar-refractivity contribution in [1.82, 2.24) is 14.7 Å². The maximum Gasteiger partial charge on any atom is 0.0963 e. The summed E-state index contributed by atoms with van der Waals surface area (Å²) < 4.78 is 0. The van der Waals surface area contributed by atoms with Gasteiger partial charge >= 0.3 is 0 Å². The molecule has 1 aliphatic heterocycles. The van der Waals surface area contributed by atoms with Crippen LogP contribution >= 0.6 is 0 Å². The van der Waals surface area contributed by atoms with E-state index in [9.17, 15) is 0 Å². The molecule has 1 aliphatic rings. The zero-order chi connectivity index (χ0) is 11.6. The molecule has 3 heteroatoms. The third-order valence-electron chi connectivity index (χ3n) is 3.24. The van der Waals surface area contributed by atoms with Crippen molar-refractivity contribution in [2.45, 2.75) is 32.9 Å². The average molecular weight is 211 g/mol. The van der Waals surface area contributed by atoms with Gasteiger partial charge in [0.15, 0.2) is 0 Å². The van der Waals surface area contributed by atoms with Gasteiger partial charge in [-0.1, -0.05) is 6.58 Å². The molecule has 0 aromatic rings. The van der Waals surface area contributed by atoms with Crippen molar-refractivity contribution >= 4 is 0 Å². The Labute approximate surface area is 94.3 Å². The molecular weight excluding hydrogens is 186 g/mol. The molecule has 0 spiro atoms. The highest BCUT2D eigenvalue weighted by atomic mass is 15.4. The van der Waals surface area contributed by atoms with E-state index in [0.717, 1.165) is 25.5 Å². The molecule has 0 aromatic heterocycles. The Morgan fingerprint density at radius 2 is 1.93 bits per heavy atom. The molecule has 0 amide bonds. The minimum atomic E-state index is 0.566. The summed E-state index contributed by atoms with van der Waals surface area (Å²) in [4.78, 5) is 7.03. The summed E-state index contributed by atoms with van der Waals surface area (Å²) in [6.45, 7) is 14.3. The Morgan fingerprint density at radius 3 is 2.33 bits per heavy atom. The average Bonchev–Trinajstić information content (AvgIpc) is 2.16. The van der Waals surface area contributed by atoms with Crippen molar-refractivity contribution in [3.63, 3.8) is 0 Å². The lowest BCUT2D eigenvalue weighted by Gasteiger charge is -2.44. The van der Waals surface area contributed by atoms with Gasteiger partial charge in [0.1, 0.15) is 0 Å². The first-order valence-electron chi connectivity index (χ1n) is 5.80. The smallest absolute Gasteiger partial charge is 0.0963 e. The monoisotopic (exact) mass is 211 g/mol. The van der Waals surface area contributed by atoms with Crippen molar-refractivity contribution in [1.29, 1.82) is 0 Å². The Kier molecular flexibility index (Phi) is 4.03. The van der Waals surface area contributed by atoms with Gasteiger partial charge < -0.3 is 9.80 Å². The highest BCUT2D eigenvalue weighted by Gasteiger charge is 2.26. The summed E-state index contributed by atoms with van der Waals surface area (Å²) in [5.41, 5.74) is 0. The van der Waals surface area contributed by atoms with Crippen molar-refractivity contribution in [2.24, 2.45) is 0 Å². The molecule has 3 nitrogen and oxygen atoms in total. The first-order chi connectivity index (χ1) is 6.93. The zero-order valence-electron chi connectivity index (χ0n) is 10.8. The summed E-state index contributed by atoms with van der Waals surface area (Å²) >= 11 is 0. The summed E-state index contributed by atoms with van der Waals surface area (Å²) in [5.74, 6) is 1.13. The molecule has 0 aliphatic carbocycles. The second kappa shape index (κ2) is 4.88. The Hall–Kier alpha value is -0.700. The highest BCUT2D eigenvalue weighted by molar-refractivity contribution is 4.97. The van der Waals surface area contributed by atoms with Crippen molar-refractivity contribution < 1.29 is 0 Å². The molecule has 1 atom stereocenters. The van der Waals surface area contributed by atoms with Crippen LogP contribution in [0.25, 0.3) is 0 Å². The summed E-state index contributed by atoms with van der Waals surface area (Å²) in [6, 6.07) is 1.22. The first kappa shape index (κ1) is 12.4. The molecule has 0 unspecified atom stereocenters. The predicted molar refractivity (Wildman–Crippen MR) is 65.7 cm³/mol. The number of hydrogen-bond donors (Lipinski definition) is 0. The fourth-order valence-electron chi connectivity index (χ4n) is 2.10. The van der Waals surface area contributed by atoms with Gasteiger partial charge in [-0.25, -0.2) is 0 Å². The molecule has 0 bridgehead atoms. The van der Waals surface area contributed by atoms with Crippen LogP contribution in [0, 0.1) is 0 Å². The van der Waals surface area contributed by atoms with E-state index in [2.05, 4.69) is 56.1 Å². The molecule has 1 heterocycles. The number of rotatable bonds is 3. The van der Waals surface area contributed by atoms with Crippen molar-refractivity contribution in [3.05, 3.63) is 12.4 Å². The molecular formula is C12H25N3. The minimum absolute atomic E-state index is 0.566. The van der Waals surface area contributed by atoms with Crippen LogP contribution in [0.4, 0.5) is 0 Å². The molecule has 0 saturated carbocycles. The molecule has 0 radical (unpaired) electrons. The standard InChI is InChI=1S/C12H25N3/c1-10(2)14-7-8-15(11(3)9-14)12(4)13(5)6/h10-11H,4,7-9H2,1-3,5-6H3/t11-/m0/s1. The second-order valence-electron chi connectivity index (χ2n) is 4.94. The second-order valence-corrected chi connectivity index (χ2v) is 4.94. The molecule has 15 heavy (non-hydrogen) atoms. The minimum Gasteiger partial charge on any atom is -0.365 e. The van der Waals surface area contributed by atoms with E-state index in [1.54, 1.807) is 0 Å². The lowest BCUT2D eigenvalue weighted by molar-refractivity contribution is 0.0708. The van der Waals surface area contributed by atoms with Gasteiger partial charge in [-0.05, 0) is 20.8 Å². The summed E-state index contributed by atoms with van der Waals surface area (Å²) in [6.07, 6.45) is 0. The Balaban J connectivity index is 2.56. The number of piperazine rings is 1. The van der Waals surface area contributed by atoms with Crippen LogP contribution in [0.15, 0.2) is 12.4 Å². The topological polar surface area (TPSA) is 9.72 Å². The SMILES string of the molecule is C=C(N(C)C)N1CCN(C(C)C)C[C@@H]1C. The fraction of sp³-hybridized carbons (Fsp3) is 0.833. The summed E-state index contributed by atoms with van der Waals surface area (Å²) in [7, 11) is 4.12. The maximum atomic E-state index is 4.13. The summed E-state index contributed by atoms with van der Waals surface area (Å²) in [5, 5.41) is 0. The molecule has 1 rings (SSSR count). The van der Waals surface area contributed by atoms with E-state index in [0.29, 0.717) is 12.1 Å². The van der Waals surface area contributed by atoms with Gasteiger partial charge in [-0.15, -0.1) is 0 Å². The quantitative estimate of drug-likeness (QED) is 0.699. The van der Waals surface area contributed by atoms with Crippen molar-refractivity contribution in [2.75, 3.05) is 33.7 Å². The van der Waals surface area contributed by atoms with Gasteiger partial charge in [-0.2, -0.15) is 0 Å². The molecule has 1 fully saturated rings. The third kappa shape index (κ3) is 2.88. The molecule has 0 N–H and O–H groups in total. The molecule has 88 valence electrons. The van der Waals surface area contributed by atoms with Gasteiger partial charge in [0.05, 0.1) is 5.82 Å². The lowest BCUT2D eigenvalue weighted by atomic mass is 10.1. The third-order valence-corrected chi connectivity index (χ3v) is 3.24. The van der Waals surface area contributed by atoms with E-state index in [1.165, 1.54) is 0 Å². The largest absolute Gasteiger partial charge is 0.365 e. The Morgan fingerprint density at radius 1 is 1.33 bits per heavy atom. The van der Waals surface area contributed by atoms with Crippen molar-refractivity contribution in [3.8, 4) is 0 Å². The van der Waals surface area contributed by atoms with Crippen LogP contribution in [-0.4, -0.2) is 60.5 Å². The molecule has 1 saturated heterocycles. The lowest BCUT2D eigenvalue weighted by Crippen LogP contribution is -2.54. The first-order valence-corrected chi connectivity index (χ1v) is 5.80. The number of hydrogen-bond acceptors (Lipinski definition) is 3. The van der Waals surface area contributed by atoms with Crippen LogP contribution in [0.2, 0.25) is 0 Å². The van der Waals surface area contributed by atoms with Crippen LogP contribution in [0.3, 0.4) is 0 Å². The van der Waals surface area contributed by atoms with E-state index in [1.807, 2.05) is 0 Å². The zero-order valence-corrected chi connectivity index (χ0v) is 10.8.